The Kier molecular flexibility index (Phi) is 4.89. The third kappa shape index (κ3) is 3.62. The van der Waals surface area contributed by atoms with Crippen LogP contribution in [0.2, 0.25) is 0 Å². The van der Waals surface area contributed by atoms with Crippen LogP contribution in [0.4, 0.5) is 0 Å². The molecule has 2 aromatic rings. The van der Waals surface area contributed by atoms with Gasteiger partial charge in [-0.2, -0.15) is 0 Å². The van der Waals surface area contributed by atoms with Crippen molar-refractivity contribution in [3.05, 3.63) is 45.7 Å². The van der Waals surface area contributed by atoms with E-state index in [4.69, 9.17) is 0 Å². The first-order valence-electron chi connectivity index (χ1n) is 7.96. The smallest absolute Gasteiger partial charge is 0.264 e. The molecule has 24 heavy (non-hydrogen) atoms. The molecule has 0 saturated carbocycles. The number of rotatable bonds is 4. The third-order valence-electron chi connectivity index (χ3n) is 4.02. The summed E-state index contributed by atoms with van der Waals surface area (Å²) in [5.74, 6) is -0.0439. The number of hydrogen-bond donors (Lipinski definition) is 1. The molecule has 1 N–H and O–H groups in total. The summed E-state index contributed by atoms with van der Waals surface area (Å²) in [5.41, 5.74) is 2.60. The van der Waals surface area contributed by atoms with Gasteiger partial charge in [-0.05, 0) is 36.8 Å². The van der Waals surface area contributed by atoms with E-state index in [9.17, 15) is 9.59 Å². The predicted molar refractivity (Wildman–Crippen MR) is 91.6 cm³/mol. The topological polar surface area (TPSA) is 75.2 Å². The second-order valence-corrected chi connectivity index (χ2v) is 6.90. The maximum Gasteiger partial charge on any atom is 0.264 e. The molecule has 1 atom stereocenters. The van der Waals surface area contributed by atoms with Gasteiger partial charge in [0.05, 0.1) is 41.2 Å². The summed E-state index contributed by atoms with van der Waals surface area (Å²) < 4.78 is 0. The van der Waals surface area contributed by atoms with Crippen molar-refractivity contribution < 1.29 is 9.59 Å². The zero-order valence-corrected chi connectivity index (χ0v) is 14.6. The van der Waals surface area contributed by atoms with Crippen LogP contribution in [0, 0.1) is 6.92 Å². The molecule has 0 spiro atoms. The fourth-order valence-electron chi connectivity index (χ4n) is 2.89. The van der Waals surface area contributed by atoms with Crippen molar-refractivity contribution in [2.24, 2.45) is 0 Å². The third-order valence-corrected chi connectivity index (χ3v) is 5.05. The van der Waals surface area contributed by atoms with Crippen LogP contribution in [-0.4, -0.2) is 33.2 Å². The number of aryl methyl sites for hydroxylation is 1. The minimum atomic E-state index is -0.104. The number of thiophene rings is 1. The second kappa shape index (κ2) is 7.09. The van der Waals surface area contributed by atoms with Crippen LogP contribution in [0.3, 0.4) is 0 Å². The van der Waals surface area contributed by atoms with Gasteiger partial charge in [-0.1, -0.05) is 0 Å². The van der Waals surface area contributed by atoms with E-state index in [0.717, 1.165) is 35.5 Å². The molecule has 1 fully saturated rings. The fraction of sp³-hybridized carbons (Fsp3) is 0.412. The van der Waals surface area contributed by atoms with Gasteiger partial charge in [0, 0.05) is 13.5 Å². The van der Waals surface area contributed by atoms with Gasteiger partial charge in [0.2, 0.25) is 5.91 Å². The van der Waals surface area contributed by atoms with Crippen molar-refractivity contribution in [3.63, 3.8) is 0 Å². The Hall–Kier alpha value is -2.28. The van der Waals surface area contributed by atoms with Crippen LogP contribution >= 0.6 is 11.3 Å². The predicted octanol–water partition coefficient (Wildman–Crippen LogP) is 2.46. The Labute approximate surface area is 144 Å². The number of carbonyl (C=O) groups is 2. The quantitative estimate of drug-likeness (QED) is 0.924. The monoisotopic (exact) mass is 344 g/mol. The standard InChI is InChI=1S/C17H20N4O2S/c1-11-6-16(24-10-11)17(23)21-5-3-4-15(21)14-9-18-7-13(20-14)8-19-12(2)22/h6-7,9-10,15H,3-5,8H2,1-2H3,(H,19,22). The summed E-state index contributed by atoms with van der Waals surface area (Å²) in [5, 5.41) is 4.71. The number of nitrogens with zero attached hydrogens (tertiary/aromatic N) is 3. The van der Waals surface area contributed by atoms with Crippen molar-refractivity contribution in [1.82, 2.24) is 20.2 Å². The van der Waals surface area contributed by atoms with Gasteiger partial charge >= 0.3 is 0 Å². The van der Waals surface area contributed by atoms with Gasteiger partial charge in [0.15, 0.2) is 0 Å². The number of hydrogen-bond acceptors (Lipinski definition) is 5. The summed E-state index contributed by atoms with van der Waals surface area (Å²) in [6.45, 7) is 4.54. The highest BCUT2D eigenvalue weighted by Crippen LogP contribution is 2.32. The van der Waals surface area contributed by atoms with Crippen molar-refractivity contribution in [2.45, 2.75) is 39.3 Å². The Morgan fingerprint density at radius 2 is 2.25 bits per heavy atom. The van der Waals surface area contributed by atoms with E-state index in [1.807, 2.05) is 23.3 Å². The molecule has 3 heterocycles. The van der Waals surface area contributed by atoms with Crippen LogP contribution in [-0.2, 0) is 11.3 Å². The first kappa shape index (κ1) is 16.6. The molecular weight excluding hydrogens is 324 g/mol. The molecule has 0 aliphatic carbocycles. The molecule has 6 nitrogen and oxygen atoms in total. The molecule has 1 aliphatic rings. The molecule has 3 rings (SSSR count). The van der Waals surface area contributed by atoms with Gasteiger partial charge in [-0.15, -0.1) is 11.3 Å². The van der Waals surface area contributed by atoms with Gasteiger partial charge in [0.25, 0.3) is 5.91 Å². The Balaban J connectivity index is 1.79. The number of carbonyl (C=O) groups excluding carboxylic acids is 2. The van der Waals surface area contributed by atoms with Gasteiger partial charge in [0.1, 0.15) is 0 Å². The molecule has 1 unspecified atom stereocenters. The van der Waals surface area contributed by atoms with E-state index in [1.165, 1.54) is 18.3 Å². The summed E-state index contributed by atoms with van der Waals surface area (Å²) in [6.07, 6.45) is 5.20. The number of nitrogens with one attached hydrogen (secondary N) is 1. The molecule has 0 radical (unpaired) electrons. The van der Waals surface area contributed by atoms with Crippen molar-refractivity contribution in [3.8, 4) is 0 Å². The van der Waals surface area contributed by atoms with E-state index in [2.05, 4.69) is 15.3 Å². The normalized spacial score (nSPS) is 17.1. The maximum absolute atomic E-state index is 12.8. The molecule has 2 amide bonds. The van der Waals surface area contributed by atoms with E-state index in [1.54, 1.807) is 12.4 Å². The van der Waals surface area contributed by atoms with Gasteiger partial charge < -0.3 is 10.2 Å². The van der Waals surface area contributed by atoms with Crippen molar-refractivity contribution >= 4 is 23.2 Å². The minimum absolute atomic E-state index is 0.0512. The molecule has 0 aromatic carbocycles. The lowest BCUT2D eigenvalue weighted by atomic mass is 10.1. The zero-order valence-electron chi connectivity index (χ0n) is 13.8. The molecule has 1 saturated heterocycles. The molecule has 2 aromatic heterocycles. The summed E-state index contributed by atoms with van der Waals surface area (Å²) >= 11 is 1.48. The average molecular weight is 344 g/mol. The molecule has 1 aliphatic heterocycles. The maximum atomic E-state index is 12.8. The van der Waals surface area contributed by atoms with Crippen LogP contribution in [0.1, 0.15) is 52.4 Å². The van der Waals surface area contributed by atoms with Crippen LogP contribution in [0.15, 0.2) is 23.8 Å². The lowest BCUT2D eigenvalue weighted by molar-refractivity contribution is -0.119. The first-order chi connectivity index (χ1) is 11.5. The van der Waals surface area contributed by atoms with Gasteiger partial charge in [-0.25, -0.2) is 0 Å². The average Bonchev–Trinajstić information content (AvgIpc) is 3.21. The van der Waals surface area contributed by atoms with E-state index in [0.29, 0.717) is 12.2 Å². The Morgan fingerprint density at radius 1 is 1.42 bits per heavy atom. The molecule has 0 bridgehead atoms. The molecule has 7 heteroatoms. The lowest BCUT2D eigenvalue weighted by Crippen LogP contribution is -2.30. The lowest BCUT2D eigenvalue weighted by Gasteiger charge is -2.23. The highest BCUT2D eigenvalue weighted by Gasteiger charge is 2.32. The fourth-order valence-corrected chi connectivity index (χ4v) is 3.74. The SMILES string of the molecule is CC(=O)NCc1cncc(C2CCCN2C(=O)c2cc(C)cs2)n1. The minimum Gasteiger partial charge on any atom is -0.351 e. The summed E-state index contributed by atoms with van der Waals surface area (Å²) in [7, 11) is 0. The van der Waals surface area contributed by atoms with Crippen LogP contribution in [0.5, 0.6) is 0 Å². The summed E-state index contributed by atoms with van der Waals surface area (Å²) in [4.78, 5) is 35.3. The van der Waals surface area contributed by atoms with Gasteiger partial charge in [-0.3, -0.25) is 19.6 Å². The van der Waals surface area contributed by atoms with Crippen LogP contribution in [0.25, 0.3) is 0 Å². The molecule has 126 valence electrons. The first-order valence-corrected chi connectivity index (χ1v) is 8.84. The Morgan fingerprint density at radius 3 is 2.96 bits per heavy atom. The van der Waals surface area contributed by atoms with E-state index < -0.39 is 0 Å². The zero-order chi connectivity index (χ0) is 17.1. The van der Waals surface area contributed by atoms with Crippen molar-refractivity contribution in [2.75, 3.05) is 6.54 Å². The summed E-state index contributed by atoms with van der Waals surface area (Å²) in [6, 6.07) is 1.88. The largest absolute Gasteiger partial charge is 0.351 e. The highest BCUT2D eigenvalue weighted by molar-refractivity contribution is 7.12. The second-order valence-electron chi connectivity index (χ2n) is 5.99. The number of amides is 2. The number of aromatic nitrogens is 2. The van der Waals surface area contributed by atoms with E-state index in [-0.39, 0.29) is 17.9 Å². The van der Waals surface area contributed by atoms with E-state index >= 15 is 0 Å². The Bertz CT molecular complexity index is 759. The van der Waals surface area contributed by atoms with Crippen molar-refractivity contribution in [1.29, 1.82) is 0 Å². The highest BCUT2D eigenvalue weighted by atomic mass is 32.1. The molecular formula is C17H20N4O2S. The number of likely N-dealkylation sites (tertiary alicyclic amines) is 1. The van der Waals surface area contributed by atoms with Crippen LogP contribution < -0.4 is 5.32 Å².